The van der Waals surface area contributed by atoms with Gasteiger partial charge in [-0.05, 0) is 11.4 Å². The molecule has 0 aliphatic heterocycles. The molecule has 1 rings (SSSR count). The fraction of sp³-hybridized carbons (Fsp3) is 0.500. The van der Waals surface area contributed by atoms with Gasteiger partial charge in [-0.15, -0.1) is 11.3 Å². The molecule has 102 valence electrons. The largest absolute Gasteiger partial charge is 0.480 e. The van der Waals surface area contributed by atoms with Crippen molar-refractivity contribution in [3.63, 3.8) is 0 Å². The van der Waals surface area contributed by atoms with Crippen molar-refractivity contribution in [3.05, 3.63) is 22.4 Å². The number of hydrogen-bond acceptors (Lipinski definition) is 4. The SMILES string of the molecule is CCN(CC)S(=O)(=O)NC(C(=O)O)c1cccs1. The summed E-state index contributed by atoms with van der Waals surface area (Å²) in [4.78, 5) is 11.6. The number of aliphatic carboxylic acids is 1. The van der Waals surface area contributed by atoms with E-state index in [1.807, 2.05) is 0 Å². The van der Waals surface area contributed by atoms with Crippen molar-refractivity contribution in [3.8, 4) is 0 Å². The lowest BCUT2D eigenvalue weighted by Gasteiger charge is -2.21. The van der Waals surface area contributed by atoms with Crippen LogP contribution in [-0.4, -0.2) is 36.9 Å². The summed E-state index contributed by atoms with van der Waals surface area (Å²) >= 11 is 1.20. The Kier molecular flexibility index (Phi) is 5.27. The number of carboxylic acid groups (broad SMARTS) is 1. The Morgan fingerprint density at radius 2 is 2.11 bits per heavy atom. The zero-order valence-corrected chi connectivity index (χ0v) is 11.8. The molecule has 0 spiro atoms. The summed E-state index contributed by atoms with van der Waals surface area (Å²) in [6.45, 7) is 3.98. The van der Waals surface area contributed by atoms with Gasteiger partial charge in [-0.3, -0.25) is 4.79 Å². The topological polar surface area (TPSA) is 86.7 Å². The maximum absolute atomic E-state index is 12.0. The molecular weight excluding hydrogens is 276 g/mol. The molecular formula is C10H16N2O4S2. The van der Waals surface area contributed by atoms with Crippen LogP contribution in [0.5, 0.6) is 0 Å². The highest BCUT2D eigenvalue weighted by Gasteiger charge is 2.29. The number of rotatable bonds is 7. The number of hydrogen-bond donors (Lipinski definition) is 2. The zero-order chi connectivity index (χ0) is 13.8. The standard InChI is InChI=1S/C10H16N2O4S2/c1-3-12(4-2)18(15,16)11-9(10(13)14)8-6-5-7-17-8/h5-7,9,11H,3-4H2,1-2H3,(H,13,14). The molecule has 0 saturated carbocycles. The van der Waals surface area contributed by atoms with Gasteiger partial charge >= 0.3 is 5.97 Å². The third-order valence-electron chi connectivity index (χ3n) is 2.39. The minimum absolute atomic E-state index is 0.294. The second-order valence-electron chi connectivity index (χ2n) is 3.49. The minimum atomic E-state index is -3.78. The first-order chi connectivity index (χ1) is 8.42. The first-order valence-corrected chi connectivity index (χ1v) is 7.78. The molecule has 0 aliphatic carbocycles. The molecule has 6 nitrogen and oxygen atoms in total. The molecule has 1 atom stereocenters. The van der Waals surface area contributed by atoms with Crippen molar-refractivity contribution in [1.82, 2.24) is 9.03 Å². The first kappa shape index (κ1) is 15.1. The summed E-state index contributed by atoms with van der Waals surface area (Å²) in [6, 6.07) is 2.03. The van der Waals surface area contributed by atoms with E-state index in [4.69, 9.17) is 5.11 Å². The summed E-state index contributed by atoms with van der Waals surface area (Å²) in [5.74, 6) is -1.21. The van der Waals surface area contributed by atoms with Gasteiger partial charge < -0.3 is 5.11 Å². The van der Waals surface area contributed by atoms with Crippen molar-refractivity contribution in [2.45, 2.75) is 19.9 Å². The average Bonchev–Trinajstić information content (AvgIpc) is 2.80. The van der Waals surface area contributed by atoms with Gasteiger partial charge in [0.15, 0.2) is 6.04 Å². The molecule has 0 fully saturated rings. The quantitative estimate of drug-likeness (QED) is 0.786. The molecule has 0 radical (unpaired) electrons. The second-order valence-corrected chi connectivity index (χ2v) is 6.18. The molecule has 0 amide bonds. The van der Waals surface area contributed by atoms with Crippen LogP contribution in [0.25, 0.3) is 0 Å². The number of nitrogens with one attached hydrogen (secondary N) is 1. The fourth-order valence-electron chi connectivity index (χ4n) is 1.47. The highest BCUT2D eigenvalue weighted by molar-refractivity contribution is 7.87. The minimum Gasteiger partial charge on any atom is -0.480 e. The Morgan fingerprint density at radius 1 is 1.50 bits per heavy atom. The van der Waals surface area contributed by atoms with E-state index >= 15 is 0 Å². The van der Waals surface area contributed by atoms with Crippen LogP contribution in [0.3, 0.4) is 0 Å². The predicted molar refractivity (Wildman–Crippen MR) is 69.7 cm³/mol. The third kappa shape index (κ3) is 3.52. The Labute approximate surface area is 110 Å². The molecule has 1 aromatic rings. The highest BCUT2D eigenvalue weighted by atomic mass is 32.2. The van der Waals surface area contributed by atoms with Crippen LogP contribution in [0.4, 0.5) is 0 Å². The van der Waals surface area contributed by atoms with Crippen LogP contribution in [0.2, 0.25) is 0 Å². The maximum atomic E-state index is 12.0. The zero-order valence-electron chi connectivity index (χ0n) is 10.2. The number of thiophene rings is 1. The summed E-state index contributed by atoms with van der Waals surface area (Å²) in [5, 5.41) is 10.8. The van der Waals surface area contributed by atoms with Crippen molar-refractivity contribution in [2.24, 2.45) is 0 Å². The van der Waals surface area contributed by atoms with Crippen molar-refractivity contribution >= 4 is 27.5 Å². The van der Waals surface area contributed by atoms with Gasteiger partial charge in [-0.2, -0.15) is 17.4 Å². The van der Waals surface area contributed by atoms with Gasteiger partial charge in [0.25, 0.3) is 10.2 Å². The van der Waals surface area contributed by atoms with Gasteiger partial charge in [-0.1, -0.05) is 19.9 Å². The lowest BCUT2D eigenvalue weighted by Crippen LogP contribution is -2.44. The van der Waals surface area contributed by atoms with E-state index in [0.717, 1.165) is 0 Å². The molecule has 1 aromatic heterocycles. The van der Waals surface area contributed by atoms with E-state index in [1.165, 1.54) is 15.6 Å². The molecule has 2 N–H and O–H groups in total. The van der Waals surface area contributed by atoms with Crippen molar-refractivity contribution in [2.75, 3.05) is 13.1 Å². The maximum Gasteiger partial charge on any atom is 0.327 e. The van der Waals surface area contributed by atoms with Crippen LogP contribution >= 0.6 is 11.3 Å². The summed E-state index contributed by atoms with van der Waals surface area (Å²) < 4.78 is 27.3. The molecule has 18 heavy (non-hydrogen) atoms. The van der Waals surface area contributed by atoms with Crippen LogP contribution < -0.4 is 4.72 Å². The summed E-state index contributed by atoms with van der Waals surface area (Å²) in [6.07, 6.45) is 0. The van der Waals surface area contributed by atoms with Gasteiger partial charge in [-0.25, -0.2) is 0 Å². The van der Waals surface area contributed by atoms with Crippen LogP contribution in [0.1, 0.15) is 24.8 Å². The van der Waals surface area contributed by atoms with Gasteiger partial charge in [0, 0.05) is 18.0 Å². The Balaban J connectivity index is 2.95. The average molecular weight is 292 g/mol. The second kappa shape index (κ2) is 6.28. The van der Waals surface area contributed by atoms with E-state index in [-0.39, 0.29) is 0 Å². The van der Waals surface area contributed by atoms with E-state index < -0.39 is 22.2 Å². The molecule has 0 bridgehead atoms. The Morgan fingerprint density at radius 3 is 2.50 bits per heavy atom. The smallest absolute Gasteiger partial charge is 0.327 e. The van der Waals surface area contributed by atoms with Gasteiger partial charge in [0.1, 0.15) is 0 Å². The molecule has 0 aromatic carbocycles. The number of nitrogens with zero attached hydrogens (tertiary/aromatic N) is 1. The van der Waals surface area contributed by atoms with Crippen molar-refractivity contribution in [1.29, 1.82) is 0 Å². The number of carbonyl (C=O) groups is 1. The lowest BCUT2D eigenvalue weighted by molar-refractivity contribution is -0.139. The summed E-state index contributed by atoms with van der Waals surface area (Å²) in [7, 11) is -3.78. The van der Waals surface area contributed by atoms with Gasteiger partial charge in [0.05, 0.1) is 0 Å². The predicted octanol–water partition coefficient (Wildman–Crippen LogP) is 1.05. The highest BCUT2D eigenvalue weighted by Crippen LogP contribution is 2.20. The van der Waals surface area contributed by atoms with Crippen molar-refractivity contribution < 1.29 is 18.3 Å². The van der Waals surface area contributed by atoms with Crippen LogP contribution in [-0.2, 0) is 15.0 Å². The van der Waals surface area contributed by atoms with E-state index in [1.54, 1.807) is 31.4 Å². The fourth-order valence-corrected chi connectivity index (χ4v) is 3.67. The molecule has 8 heteroatoms. The third-order valence-corrected chi connectivity index (χ3v) is 5.05. The molecule has 1 unspecified atom stereocenters. The molecule has 0 saturated heterocycles. The Bertz CT molecular complexity index is 480. The van der Waals surface area contributed by atoms with E-state index in [9.17, 15) is 13.2 Å². The normalized spacial score (nSPS) is 13.7. The molecule has 0 aliphatic rings. The molecule has 1 heterocycles. The van der Waals surface area contributed by atoms with E-state index in [0.29, 0.717) is 18.0 Å². The van der Waals surface area contributed by atoms with E-state index in [2.05, 4.69) is 4.72 Å². The van der Waals surface area contributed by atoms with Crippen LogP contribution in [0.15, 0.2) is 17.5 Å². The van der Waals surface area contributed by atoms with Gasteiger partial charge in [0.2, 0.25) is 0 Å². The Hall–Kier alpha value is -0.960. The summed E-state index contributed by atoms with van der Waals surface area (Å²) in [5.41, 5.74) is 0. The number of carboxylic acids is 1. The first-order valence-electron chi connectivity index (χ1n) is 5.46. The van der Waals surface area contributed by atoms with Crippen LogP contribution in [0, 0.1) is 0 Å². The monoisotopic (exact) mass is 292 g/mol. The lowest BCUT2D eigenvalue weighted by atomic mass is 10.3.